The number of benzene rings is 2. The first kappa shape index (κ1) is 38.8. The number of amides is 2. The van der Waals surface area contributed by atoms with Gasteiger partial charge in [-0.05, 0) is 113 Å². The average Bonchev–Trinajstić information content (AvgIpc) is 3.69. The summed E-state index contributed by atoms with van der Waals surface area (Å²) in [6.45, 7) is 15.5. The Labute approximate surface area is 326 Å². The fraction of sp³-hybridized carbons (Fsp3) is 0.512. The predicted molar refractivity (Wildman–Crippen MR) is 219 cm³/mol. The van der Waals surface area contributed by atoms with Gasteiger partial charge in [-0.25, -0.2) is 13.1 Å². The number of nitrogens with one attached hydrogen (secondary N) is 1. The molecular formula is C43H57N6O5S+. The van der Waals surface area contributed by atoms with E-state index in [2.05, 4.69) is 62.2 Å². The second-order valence-corrected chi connectivity index (χ2v) is 18.9. The van der Waals surface area contributed by atoms with Crippen LogP contribution >= 0.6 is 0 Å². The van der Waals surface area contributed by atoms with Crippen LogP contribution in [-0.2, 0) is 16.6 Å². The third-order valence-corrected chi connectivity index (χ3v) is 14.1. The van der Waals surface area contributed by atoms with Gasteiger partial charge in [0, 0.05) is 28.1 Å². The van der Waals surface area contributed by atoms with Gasteiger partial charge in [0.1, 0.15) is 5.75 Å². The Bertz CT molecular complexity index is 2280. The van der Waals surface area contributed by atoms with Crippen LogP contribution in [0, 0.1) is 0 Å². The van der Waals surface area contributed by atoms with E-state index in [9.17, 15) is 18.0 Å². The van der Waals surface area contributed by atoms with E-state index in [4.69, 9.17) is 9.84 Å². The van der Waals surface area contributed by atoms with Gasteiger partial charge in [-0.1, -0.05) is 25.3 Å². The second kappa shape index (κ2) is 14.9. The molecule has 12 heteroatoms. The van der Waals surface area contributed by atoms with Crippen LogP contribution < -0.4 is 9.46 Å². The average molecular weight is 770 g/mol. The number of nitrogens with zero attached hydrogens (tertiary/aromatic N) is 5. The van der Waals surface area contributed by atoms with E-state index in [1.807, 2.05) is 27.8 Å². The highest BCUT2D eigenvalue weighted by molar-refractivity contribution is 7.90. The predicted octanol–water partition coefficient (Wildman–Crippen LogP) is 7.48. The normalized spacial score (nSPS) is 20.7. The molecule has 1 aliphatic carbocycles. The van der Waals surface area contributed by atoms with Gasteiger partial charge in [0.2, 0.25) is 10.0 Å². The number of ether oxygens (including phenoxy) is 1. The van der Waals surface area contributed by atoms with E-state index >= 15 is 0 Å². The summed E-state index contributed by atoms with van der Waals surface area (Å²) in [5.41, 5.74) is 7.78. The lowest BCUT2D eigenvalue weighted by molar-refractivity contribution is -0.914. The van der Waals surface area contributed by atoms with Crippen molar-refractivity contribution in [2.24, 2.45) is 0 Å². The van der Waals surface area contributed by atoms with Crippen molar-refractivity contribution < 1.29 is 27.2 Å². The molecule has 2 fully saturated rings. The number of hydrogen-bond acceptors (Lipinski definition) is 6. The molecule has 2 atom stereocenters. The number of fused-ring (bicyclic) bond motifs is 5. The van der Waals surface area contributed by atoms with Crippen LogP contribution in [0.2, 0.25) is 0 Å². The summed E-state index contributed by atoms with van der Waals surface area (Å²) < 4.78 is 38.8. The van der Waals surface area contributed by atoms with Gasteiger partial charge in [0.25, 0.3) is 11.8 Å². The van der Waals surface area contributed by atoms with Crippen LogP contribution in [0.3, 0.4) is 0 Å². The number of likely N-dealkylation sites (N-methyl/N-ethyl adjacent to an activating group) is 1. The Morgan fingerprint density at radius 3 is 2.44 bits per heavy atom. The number of rotatable bonds is 9. The van der Waals surface area contributed by atoms with E-state index < -0.39 is 21.2 Å². The molecule has 0 bridgehead atoms. The maximum atomic E-state index is 14.7. The van der Waals surface area contributed by atoms with Crippen LogP contribution in [0.15, 0.2) is 42.6 Å². The Morgan fingerprint density at radius 2 is 1.78 bits per heavy atom. The molecule has 7 rings (SSSR count). The quantitative estimate of drug-likeness (QED) is 0.177. The van der Waals surface area contributed by atoms with Crippen LogP contribution in [0.4, 0.5) is 0 Å². The van der Waals surface area contributed by atoms with E-state index in [-0.39, 0.29) is 23.6 Å². The molecule has 2 aromatic heterocycles. The maximum absolute atomic E-state index is 14.7. The smallest absolute Gasteiger partial charge is 0.264 e. The highest BCUT2D eigenvalue weighted by Crippen LogP contribution is 2.48. The molecule has 2 aliphatic heterocycles. The zero-order valence-corrected chi connectivity index (χ0v) is 34.5. The Morgan fingerprint density at radius 1 is 1.04 bits per heavy atom. The summed E-state index contributed by atoms with van der Waals surface area (Å²) in [4.78, 5) is 30.3. The van der Waals surface area contributed by atoms with E-state index in [0.29, 0.717) is 24.6 Å². The van der Waals surface area contributed by atoms with Gasteiger partial charge in [-0.3, -0.25) is 14.3 Å². The van der Waals surface area contributed by atoms with Gasteiger partial charge >= 0.3 is 0 Å². The van der Waals surface area contributed by atoms with Gasteiger partial charge in [0.05, 0.1) is 81.3 Å². The molecule has 0 radical (unpaired) electrons. The highest BCUT2D eigenvalue weighted by Gasteiger charge is 2.38. The van der Waals surface area contributed by atoms with Crippen molar-refractivity contribution in [2.75, 3.05) is 40.3 Å². The van der Waals surface area contributed by atoms with E-state index in [0.717, 1.165) is 94.5 Å². The summed E-state index contributed by atoms with van der Waals surface area (Å²) in [6, 6.07) is 11.8. The van der Waals surface area contributed by atoms with Gasteiger partial charge in [-0.15, -0.1) is 0 Å². The van der Waals surface area contributed by atoms with Gasteiger partial charge in [0.15, 0.2) is 0 Å². The SMILES string of the molecule is CC[N+]1(C)CCN(C(=O)c2cnn(C(C)C)c2C2=Cc3cc(OC)ccc3-c3c(C4CCCCC4)c4ccc(C(=O)NS(=O)(=O)C(C)C)cc4n3C2)[C@@H](C)C1. The second-order valence-electron chi connectivity index (χ2n) is 16.7. The largest absolute Gasteiger partial charge is 0.497 e. The number of allylic oxidation sites excluding steroid dienone is 1. The van der Waals surface area contributed by atoms with Gasteiger partial charge < -0.3 is 18.7 Å². The Kier molecular flexibility index (Phi) is 10.5. The summed E-state index contributed by atoms with van der Waals surface area (Å²) in [6.07, 6.45) is 9.56. The summed E-state index contributed by atoms with van der Waals surface area (Å²) >= 11 is 0. The summed E-state index contributed by atoms with van der Waals surface area (Å²) in [5, 5.41) is 5.16. The van der Waals surface area contributed by atoms with E-state index in [1.54, 1.807) is 33.2 Å². The van der Waals surface area contributed by atoms with Crippen molar-refractivity contribution in [3.05, 3.63) is 70.5 Å². The number of hydrogen-bond donors (Lipinski definition) is 1. The molecule has 294 valence electrons. The molecule has 4 aromatic rings. The Hall–Kier alpha value is -4.42. The summed E-state index contributed by atoms with van der Waals surface area (Å²) in [5.74, 6) is 0.380. The number of piperazine rings is 1. The molecule has 1 saturated heterocycles. The highest BCUT2D eigenvalue weighted by atomic mass is 32.2. The van der Waals surface area contributed by atoms with Crippen molar-refractivity contribution in [3.8, 4) is 17.0 Å². The minimum atomic E-state index is -3.84. The lowest BCUT2D eigenvalue weighted by Gasteiger charge is -2.45. The number of methoxy groups -OCH3 is 1. The molecule has 1 unspecified atom stereocenters. The topological polar surface area (TPSA) is 116 Å². The zero-order chi connectivity index (χ0) is 39.4. The van der Waals surface area contributed by atoms with Gasteiger partial charge in [-0.2, -0.15) is 5.10 Å². The van der Waals surface area contributed by atoms with Crippen molar-refractivity contribution in [1.29, 1.82) is 0 Å². The minimum absolute atomic E-state index is 0.0152. The standard InChI is InChI=1S/C43H56N6O5S/c1-9-49(7)20-19-46(29(6)26-49)43(51)37-24-44-48(27(2)3)40(37)33-21-32-22-34(54-8)16-18-35(32)41-39(30-13-11-10-12-14-30)36-17-15-31(23-38(36)47(41)25-33)42(50)45-55(52,53)28(4)5/h15-18,21-24,27-30H,9-14,19-20,25-26H2,1-8H3/p+1/t29-,49?/m0/s1. The molecule has 3 aliphatic rings. The lowest BCUT2D eigenvalue weighted by Crippen LogP contribution is -2.62. The first-order valence-corrected chi connectivity index (χ1v) is 21.5. The first-order valence-electron chi connectivity index (χ1n) is 20.0. The molecular weight excluding hydrogens is 713 g/mol. The Balaban J connectivity index is 1.45. The third kappa shape index (κ3) is 7.12. The molecule has 11 nitrogen and oxygen atoms in total. The van der Waals surface area contributed by atoms with Crippen molar-refractivity contribution >= 4 is 44.4 Å². The third-order valence-electron chi connectivity index (χ3n) is 12.4. The van der Waals surface area contributed by atoms with Crippen molar-refractivity contribution in [1.82, 2.24) is 24.0 Å². The van der Waals surface area contributed by atoms with E-state index in [1.165, 1.54) is 12.0 Å². The van der Waals surface area contributed by atoms with Crippen LogP contribution in [0.1, 0.15) is 123 Å². The van der Waals surface area contributed by atoms with Crippen LogP contribution in [-0.4, -0.2) is 95.6 Å². The number of carbonyl (C=O) groups excluding carboxylic acids is 2. The molecule has 4 heterocycles. The molecule has 1 N–H and O–H groups in total. The van der Waals surface area contributed by atoms with Crippen molar-refractivity contribution in [2.45, 2.75) is 103 Å². The minimum Gasteiger partial charge on any atom is -0.497 e. The fourth-order valence-electron chi connectivity index (χ4n) is 9.00. The summed E-state index contributed by atoms with van der Waals surface area (Å²) in [7, 11) is 0.0979. The van der Waals surface area contributed by atoms with Crippen LogP contribution in [0.5, 0.6) is 5.75 Å². The molecule has 1 saturated carbocycles. The lowest BCUT2D eigenvalue weighted by atomic mass is 9.81. The number of carbonyl (C=O) groups is 2. The molecule has 0 spiro atoms. The monoisotopic (exact) mass is 769 g/mol. The number of aromatic nitrogens is 3. The zero-order valence-electron chi connectivity index (χ0n) is 33.7. The fourth-order valence-corrected chi connectivity index (χ4v) is 9.62. The first-order chi connectivity index (χ1) is 26.2. The number of sulfonamides is 1. The van der Waals surface area contributed by atoms with Crippen LogP contribution in [0.25, 0.3) is 33.8 Å². The van der Waals surface area contributed by atoms with Crippen molar-refractivity contribution in [3.63, 3.8) is 0 Å². The molecule has 2 aromatic carbocycles. The number of quaternary nitrogens is 1. The molecule has 55 heavy (non-hydrogen) atoms. The molecule has 2 amide bonds. The maximum Gasteiger partial charge on any atom is 0.264 e.